The SMILES string of the molecule is OC(Cc1ccccc1Br)C1CCCCC1. The molecule has 1 fully saturated rings. The van der Waals surface area contributed by atoms with Gasteiger partial charge in [-0.15, -0.1) is 0 Å². The Morgan fingerprint density at radius 2 is 1.88 bits per heavy atom. The molecule has 2 heteroatoms. The Hall–Kier alpha value is -0.340. The Labute approximate surface area is 106 Å². The van der Waals surface area contributed by atoms with E-state index in [1.807, 2.05) is 18.2 Å². The zero-order valence-electron chi connectivity index (χ0n) is 9.53. The predicted molar refractivity (Wildman–Crippen MR) is 70.4 cm³/mol. The molecule has 1 aliphatic rings. The molecule has 1 saturated carbocycles. The molecule has 1 aromatic carbocycles. The minimum atomic E-state index is -0.168. The maximum absolute atomic E-state index is 10.2. The van der Waals surface area contributed by atoms with Crippen LogP contribution in [0, 0.1) is 5.92 Å². The molecule has 2 rings (SSSR count). The van der Waals surface area contributed by atoms with Crippen LogP contribution in [0.5, 0.6) is 0 Å². The molecule has 0 radical (unpaired) electrons. The first-order valence-electron chi connectivity index (χ1n) is 6.19. The van der Waals surface area contributed by atoms with Crippen molar-refractivity contribution in [1.29, 1.82) is 0 Å². The number of rotatable bonds is 3. The molecular formula is C14H19BrO. The zero-order valence-corrected chi connectivity index (χ0v) is 11.1. The Bertz CT molecular complexity index is 331. The fourth-order valence-electron chi connectivity index (χ4n) is 2.57. The molecule has 1 aromatic rings. The van der Waals surface area contributed by atoms with Gasteiger partial charge in [-0.3, -0.25) is 0 Å². The summed E-state index contributed by atoms with van der Waals surface area (Å²) < 4.78 is 1.12. The van der Waals surface area contributed by atoms with Crippen LogP contribution in [-0.2, 0) is 6.42 Å². The van der Waals surface area contributed by atoms with Gasteiger partial charge in [0.1, 0.15) is 0 Å². The van der Waals surface area contributed by atoms with E-state index in [9.17, 15) is 5.11 Å². The van der Waals surface area contributed by atoms with Gasteiger partial charge in [-0.25, -0.2) is 0 Å². The van der Waals surface area contributed by atoms with Crippen LogP contribution in [0.1, 0.15) is 37.7 Å². The third-order valence-electron chi connectivity index (χ3n) is 3.58. The van der Waals surface area contributed by atoms with Gasteiger partial charge >= 0.3 is 0 Å². The summed E-state index contributed by atoms with van der Waals surface area (Å²) in [6.07, 6.45) is 6.94. The second-order valence-corrected chi connectivity index (χ2v) is 5.62. The molecule has 0 spiro atoms. The molecule has 1 N–H and O–H groups in total. The van der Waals surface area contributed by atoms with Gasteiger partial charge in [0.15, 0.2) is 0 Å². The van der Waals surface area contributed by atoms with E-state index in [4.69, 9.17) is 0 Å². The predicted octanol–water partition coefficient (Wildman–Crippen LogP) is 3.93. The molecule has 0 heterocycles. The van der Waals surface area contributed by atoms with Crippen LogP contribution in [0.2, 0.25) is 0 Å². The summed E-state index contributed by atoms with van der Waals surface area (Å²) in [5.41, 5.74) is 1.22. The van der Waals surface area contributed by atoms with Crippen molar-refractivity contribution in [1.82, 2.24) is 0 Å². The van der Waals surface area contributed by atoms with Gasteiger partial charge < -0.3 is 5.11 Å². The van der Waals surface area contributed by atoms with Crippen LogP contribution in [0.15, 0.2) is 28.7 Å². The highest BCUT2D eigenvalue weighted by molar-refractivity contribution is 9.10. The largest absolute Gasteiger partial charge is 0.392 e. The molecule has 0 amide bonds. The molecule has 16 heavy (non-hydrogen) atoms. The third-order valence-corrected chi connectivity index (χ3v) is 4.35. The lowest BCUT2D eigenvalue weighted by Crippen LogP contribution is -2.25. The molecule has 0 bridgehead atoms. The summed E-state index contributed by atoms with van der Waals surface area (Å²) in [5.74, 6) is 0.515. The number of benzene rings is 1. The van der Waals surface area contributed by atoms with Gasteiger partial charge in [-0.1, -0.05) is 53.4 Å². The Morgan fingerprint density at radius 3 is 2.56 bits per heavy atom. The number of hydrogen-bond donors (Lipinski definition) is 1. The highest BCUT2D eigenvalue weighted by Crippen LogP contribution is 2.29. The topological polar surface area (TPSA) is 20.2 Å². The number of halogens is 1. The van der Waals surface area contributed by atoms with Gasteiger partial charge in [0.05, 0.1) is 6.10 Å². The maximum Gasteiger partial charge on any atom is 0.0609 e. The van der Waals surface area contributed by atoms with Crippen LogP contribution in [0.4, 0.5) is 0 Å². The molecule has 1 atom stereocenters. The van der Waals surface area contributed by atoms with E-state index in [2.05, 4.69) is 22.0 Å². The zero-order chi connectivity index (χ0) is 11.4. The summed E-state index contributed by atoms with van der Waals surface area (Å²) in [4.78, 5) is 0. The number of aliphatic hydroxyl groups is 1. The first kappa shape index (κ1) is 12.1. The maximum atomic E-state index is 10.2. The Kier molecular flexibility index (Phi) is 4.42. The quantitative estimate of drug-likeness (QED) is 0.891. The number of aliphatic hydroxyl groups excluding tert-OH is 1. The second kappa shape index (κ2) is 5.83. The van der Waals surface area contributed by atoms with Gasteiger partial charge in [0.2, 0.25) is 0 Å². The van der Waals surface area contributed by atoms with E-state index in [0.717, 1.165) is 10.9 Å². The summed E-state index contributed by atoms with van der Waals surface area (Å²) >= 11 is 3.54. The Balaban J connectivity index is 1.96. The molecule has 88 valence electrons. The average molecular weight is 283 g/mol. The van der Waals surface area contributed by atoms with Crippen LogP contribution >= 0.6 is 15.9 Å². The van der Waals surface area contributed by atoms with E-state index in [1.165, 1.54) is 37.7 Å². The lowest BCUT2D eigenvalue weighted by molar-refractivity contribution is 0.0850. The average Bonchev–Trinajstić information content (AvgIpc) is 2.33. The van der Waals surface area contributed by atoms with Gasteiger partial charge in [-0.05, 0) is 36.8 Å². The first-order valence-corrected chi connectivity index (χ1v) is 6.98. The monoisotopic (exact) mass is 282 g/mol. The molecule has 1 aliphatic carbocycles. The second-order valence-electron chi connectivity index (χ2n) is 4.76. The summed E-state index contributed by atoms with van der Waals surface area (Å²) in [6, 6.07) is 8.19. The first-order chi connectivity index (χ1) is 7.77. The van der Waals surface area contributed by atoms with E-state index in [-0.39, 0.29) is 6.10 Å². The van der Waals surface area contributed by atoms with Crippen molar-refractivity contribution in [2.24, 2.45) is 5.92 Å². The number of hydrogen-bond acceptors (Lipinski definition) is 1. The molecule has 1 unspecified atom stereocenters. The van der Waals surface area contributed by atoms with Crippen LogP contribution < -0.4 is 0 Å². The molecule has 0 saturated heterocycles. The minimum Gasteiger partial charge on any atom is -0.392 e. The molecule has 1 nitrogen and oxygen atoms in total. The van der Waals surface area contributed by atoms with Gasteiger partial charge in [0.25, 0.3) is 0 Å². The molecule has 0 aromatic heterocycles. The van der Waals surface area contributed by atoms with Crippen molar-refractivity contribution in [3.63, 3.8) is 0 Å². The Morgan fingerprint density at radius 1 is 1.19 bits per heavy atom. The molecular weight excluding hydrogens is 264 g/mol. The van der Waals surface area contributed by atoms with Crippen molar-refractivity contribution < 1.29 is 5.11 Å². The smallest absolute Gasteiger partial charge is 0.0609 e. The summed E-state index contributed by atoms with van der Waals surface area (Å²) in [6.45, 7) is 0. The lowest BCUT2D eigenvalue weighted by Gasteiger charge is -2.26. The standard InChI is InChI=1S/C14H19BrO/c15-13-9-5-4-8-12(13)10-14(16)11-6-2-1-3-7-11/h4-5,8-9,11,14,16H,1-3,6-7,10H2. The van der Waals surface area contributed by atoms with Crippen molar-refractivity contribution in [2.75, 3.05) is 0 Å². The molecule has 0 aliphatic heterocycles. The highest BCUT2D eigenvalue weighted by atomic mass is 79.9. The van der Waals surface area contributed by atoms with Crippen LogP contribution in [-0.4, -0.2) is 11.2 Å². The third kappa shape index (κ3) is 3.08. The van der Waals surface area contributed by atoms with Crippen molar-refractivity contribution >= 4 is 15.9 Å². The van der Waals surface area contributed by atoms with E-state index in [1.54, 1.807) is 0 Å². The minimum absolute atomic E-state index is 0.168. The normalized spacial score (nSPS) is 19.6. The van der Waals surface area contributed by atoms with Gasteiger partial charge in [-0.2, -0.15) is 0 Å². The van der Waals surface area contributed by atoms with E-state index in [0.29, 0.717) is 5.92 Å². The van der Waals surface area contributed by atoms with E-state index >= 15 is 0 Å². The summed E-state index contributed by atoms with van der Waals surface area (Å²) in [7, 11) is 0. The lowest BCUT2D eigenvalue weighted by atomic mass is 9.83. The van der Waals surface area contributed by atoms with Crippen LogP contribution in [0.25, 0.3) is 0 Å². The fourth-order valence-corrected chi connectivity index (χ4v) is 3.02. The fraction of sp³-hybridized carbons (Fsp3) is 0.571. The van der Waals surface area contributed by atoms with Crippen molar-refractivity contribution in [3.8, 4) is 0 Å². The van der Waals surface area contributed by atoms with Crippen LogP contribution in [0.3, 0.4) is 0 Å². The highest BCUT2D eigenvalue weighted by Gasteiger charge is 2.22. The van der Waals surface area contributed by atoms with Crippen molar-refractivity contribution in [2.45, 2.75) is 44.6 Å². The summed E-state index contributed by atoms with van der Waals surface area (Å²) in [5, 5.41) is 10.2. The van der Waals surface area contributed by atoms with E-state index < -0.39 is 0 Å². The van der Waals surface area contributed by atoms with Crippen molar-refractivity contribution in [3.05, 3.63) is 34.3 Å². The van der Waals surface area contributed by atoms with Gasteiger partial charge in [0, 0.05) is 4.47 Å².